The summed E-state index contributed by atoms with van der Waals surface area (Å²) in [7, 11) is -3.24. The molecule has 80 valence electrons. The van der Waals surface area contributed by atoms with Gasteiger partial charge in [0.05, 0.1) is 5.25 Å². The van der Waals surface area contributed by atoms with Crippen molar-refractivity contribution in [1.82, 2.24) is 4.72 Å². The minimum Gasteiger partial charge on any atom is -0.212 e. The number of hydrogen-bond donors (Lipinski definition) is 1. The Labute approximate surface area is 85.9 Å². The molecule has 0 bridgehead atoms. The molecule has 0 aliphatic heterocycles. The minimum absolute atomic E-state index is 0.249. The third-order valence-electron chi connectivity index (χ3n) is 2.02. The molecule has 5 heteroatoms. The molecule has 0 aliphatic carbocycles. The Morgan fingerprint density at radius 2 is 1.62 bits per heavy atom. The first-order valence-electron chi connectivity index (χ1n) is 4.26. The molecule has 0 aromatic heterocycles. The highest BCUT2D eigenvalue weighted by atomic mass is 35.5. The van der Waals surface area contributed by atoms with Crippen molar-refractivity contribution < 1.29 is 8.42 Å². The molecule has 0 aromatic rings. The van der Waals surface area contributed by atoms with Gasteiger partial charge in [-0.05, 0) is 34.6 Å². The molecule has 3 nitrogen and oxygen atoms in total. The Hall–Kier alpha value is 0.200. The monoisotopic (exact) mass is 227 g/mol. The van der Waals surface area contributed by atoms with Crippen LogP contribution in [0.15, 0.2) is 0 Å². The first-order chi connectivity index (χ1) is 5.59. The summed E-state index contributed by atoms with van der Waals surface area (Å²) in [6.07, 6.45) is 0. The zero-order chi connectivity index (χ0) is 10.9. The van der Waals surface area contributed by atoms with E-state index in [4.69, 9.17) is 11.6 Å². The standard InChI is InChI=1S/C8H18ClNO2S/c1-6(2)13(11,12)10-8(4,5)7(3)9/h6-7,10H,1-5H3. The molecule has 0 rings (SSSR count). The predicted molar refractivity (Wildman–Crippen MR) is 56.6 cm³/mol. The first-order valence-corrected chi connectivity index (χ1v) is 6.24. The summed E-state index contributed by atoms with van der Waals surface area (Å²) in [5, 5.41) is -0.678. The molecular weight excluding hydrogens is 210 g/mol. The molecule has 0 radical (unpaired) electrons. The maximum absolute atomic E-state index is 11.5. The highest BCUT2D eigenvalue weighted by molar-refractivity contribution is 7.90. The van der Waals surface area contributed by atoms with Crippen molar-refractivity contribution in [2.24, 2.45) is 0 Å². The Balaban J connectivity index is 4.63. The van der Waals surface area contributed by atoms with Gasteiger partial charge in [-0.2, -0.15) is 0 Å². The minimum atomic E-state index is -3.24. The van der Waals surface area contributed by atoms with Crippen LogP contribution in [0.25, 0.3) is 0 Å². The molecule has 0 amide bonds. The number of nitrogens with one attached hydrogen (secondary N) is 1. The average molecular weight is 228 g/mol. The Morgan fingerprint density at radius 1 is 1.23 bits per heavy atom. The third-order valence-corrected chi connectivity index (χ3v) is 4.62. The number of hydrogen-bond acceptors (Lipinski definition) is 2. The van der Waals surface area contributed by atoms with Gasteiger partial charge >= 0.3 is 0 Å². The van der Waals surface area contributed by atoms with Crippen molar-refractivity contribution in [3.63, 3.8) is 0 Å². The van der Waals surface area contributed by atoms with Crippen LogP contribution in [0.1, 0.15) is 34.6 Å². The van der Waals surface area contributed by atoms with E-state index in [0.717, 1.165) is 0 Å². The van der Waals surface area contributed by atoms with Crippen LogP contribution in [0.5, 0.6) is 0 Å². The lowest BCUT2D eigenvalue weighted by atomic mass is 10.0. The van der Waals surface area contributed by atoms with Crippen LogP contribution >= 0.6 is 11.6 Å². The maximum atomic E-state index is 11.5. The van der Waals surface area contributed by atoms with E-state index >= 15 is 0 Å². The van der Waals surface area contributed by atoms with Gasteiger partial charge < -0.3 is 0 Å². The number of sulfonamides is 1. The first kappa shape index (κ1) is 13.2. The summed E-state index contributed by atoms with van der Waals surface area (Å²) in [5.41, 5.74) is -0.606. The second-order valence-electron chi connectivity index (χ2n) is 4.03. The summed E-state index contributed by atoms with van der Waals surface area (Å²) < 4.78 is 25.5. The van der Waals surface area contributed by atoms with Crippen molar-refractivity contribution in [1.29, 1.82) is 0 Å². The molecule has 0 spiro atoms. The van der Waals surface area contributed by atoms with Crippen LogP contribution < -0.4 is 4.72 Å². The van der Waals surface area contributed by atoms with Crippen LogP contribution in [0.2, 0.25) is 0 Å². The average Bonchev–Trinajstić information content (AvgIpc) is 1.83. The second-order valence-corrected chi connectivity index (χ2v) is 6.93. The van der Waals surface area contributed by atoms with E-state index in [2.05, 4.69) is 4.72 Å². The van der Waals surface area contributed by atoms with E-state index < -0.39 is 20.8 Å². The van der Waals surface area contributed by atoms with E-state index in [1.165, 1.54) is 0 Å². The predicted octanol–water partition coefficient (Wildman–Crippen LogP) is 1.72. The molecule has 0 saturated heterocycles. The van der Waals surface area contributed by atoms with E-state index in [0.29, 0.717) is 0 Å². The quantitative estimate of drug-likeness (QED) is 0.744. The smallest absolute Gasteiger partial charge is 0.212 e. The molecule has 0 aliphatic rings. The third kappa shape index (κ3) is 3.83. The van der Waals surface area contributed by atoms with Gasteiger partial charge in [-0.25, -0.2) is 13.1 Å². The van der Waals surface area contributed by atoms with Gasteiger partial charge in [0, 0.05) is 10.9 Å². The van der Waals surface area contributed by atoms with Gasteiger partial charge in [-0.3, -0.25) is 0 Å². The fourth-order valence-electron chi connectivity index (χ4n) is 0.566. The summed E-state index contributed by atoms with van der Waals surface area (Å²) in [6, 6.07) is 0. The Kier molecular flexibility index (Phi) is 4.22. The summed E-state index contributed by atoms with van der Waals surface area (Å²) in [5.74, 6) is 0. The molecule has 0 saturated carbocycles. The van der Waals surface area contributed by atoms with Crippen LogP contribution in [0.3, 0.4) is 0 Å². The highest BCUT2D eigenvalue weighted by Gasteiger charge is 2.30. The van der Waals surface area contributed by atoms with Crippen molar-refractivity contribution in [2.75, 3.05) is 0 Å². The van der Waals surface area contributed by atoms with Gasteiger partial charge in [0.25, 0.3) is 0 Å². The van der Waals surface area contributed by atoms with E-state index in [1.807, 2.05) is 0 Å². The zero-order valence-corrected chi connectivity index (χ0v) is 10.3. The van der Waals surface area contributed by atoms with Crippen molar-refractivity contribution in [3.8, 4) is 0 Å². The molecule has 1 atom stereocenters. The number of rotatable bonds is 4. The normalized spacial score (nSPS) is 16.2. The molecule has 0 fully saturated rings. The Bertz CT molecular complexity index is 257. The number of alkyl halides is 1. The van der Waals surface area contributed by atoms with E-state index in [9.17, 15) is 8.42 Å². The van der Waals surface area contributed by atoms with Gasteiger partial charge in [0.15, 0.2) is 0 Å². The van der Waals surface area contributed by atoms with Gasteiger partial charge in [0.1, 0.15) is 0 Å². The van der Waals surface area contributed by atoms with Gasteiger partial charge in [-0.1, -0.05) is 0 Å². The lowest BCUT2D eigenvalue weighted by molar-refractivity contribution is 0.442. The number of halogens is 1. The summed E-state index contributed by atoms with van der Waals surface area (Å²) in [4.78, 5) is 0. The maximum Gasteiger partial charge on any atom is 0.214 e. The molecule has 13 heavy (non-hydrogen) atoms. The van der Waals surface area contributed by atoms with Gasteiger partial charge in [0.2, 0.25) is 10.0 Å². The van der Waals surface area contributed by atoms with E-state index in [-0.39, 0.29) is 5.38 Å². The van der Waals surface area contributed by atoms with Crippen molar-refractivity contribution in [3.05, 3.63) is 0 Å². The molecule has 0 aromatic carbocycles. The largest absolute Gasteiger partial charge is 0.214 e. The van der Waals surface area contributed by atoms with E-state index in [1.54, 1.807) is 34.6 Å². The SMILES string of the molecule is CC(Cl)C(C)(C)NS(=O)(=O)C(C)C. The highest BCUT2D eigenvalue weighted by Crippen LogP contribution is 2.17. The zero-order valence-electron chi connectivity index (χ0n) is 8.76. The molecule has 1 N–H and O–H groups in total. The van der Waals surface area contributed by atoms with Gasteiger partial charge in [-0.15, -0.1) is 11.6 Å². The molecule has 1 unspecified atom stereocenters. The molecular formula is C8H18ClNO2S. The van der Waals surface area contributed by atoms with Crippen molar-refractivity contribution >= 4 is 21.6 Å². The second kappa shape index (κ2) is 4.15. The fraction of sp³-hybridized carbons (Fsp3) is 1.00. The fourth-order valence-corrected chi connectivity index (χ4v) is 1.83. The Morgan fingerprint density at radius 3 is 1.85 bits per heavy atom. The van der Waals surface area contributed by atoms with Crippen LogP contribution in [-0.2, 0) is 10.0 Å². The topological polar surface area (TPSA) is 46.2 Å². The summed E-state index contributed by atoms with van der Waals surface area (Å²) in [6.45, 7) is 8.58. The lowest BCUT2D eigenvalue weighted by Gasteiger charge is -2.29. The van der Waals surface area contributed by atoms with Crippen LogP contribution in [-0.4, -0.2) is 24.6 Å². The van der Waals surface area contributed by atoms with Crippen LogP contribution in [0, 0.1) is 0 Å². The summed E-state index contributed by atoms with van der Waals surface area (Å²) >= 11 is 5.85. The molecule has 0 heterocycles. The van der Waals surface area contributed by atoms with Crippen LogP contribution in [0.4, 0.5) is 0 Å². The van der Waals surface area contributed by atoms with Crippen molar-refractivity contribution in [2.45, 2.75) is 50.8 Å². The lowest BCUT2D eigenvalue weighted by Crippen LogP contribution is -2.50.